The molecule has 0 aromatic heterocycles. The van der Waals surface area contributed by atoms with Crippen LogP contribution in [0.4, 0.5) is 23.2 Å². The fourth-order valence-corrected chi connectivity index (χ4v) is 2.70. The Morgan fingerprint density at radius 3 is 2.12 bits per heavy atom. The topological polar surface area (TPSA) is 23.6 Å². The van der Waals surface area contributed by atoms with Crippen molar-refractivity contribution in [3.63, 3.8) is 0 Å². The van der Waals surface area contributed by atoms with Crippen molar-refractivity contribution in [3.8, 4) is 0 Å². The van der Waals surface area contributed by atoms with Crippen LogP contribution in [0, 0.1) is 23.3 Å². The Kier molecular flexibility index (Phi) is 4.42. The number of hydrogen-bond acceptors (Lipinski definition) is 2. The number of anilines is 1. The zero-order valence-corrected chi connectivity index (χ0v) is 12.6. The van der Waals surface area contributed by atoms with Gasteiger partial charge >= 0.3 is 0 Å². The quantitative estimate of drug-likeness (QED) is 0.785. The van der Waals surface area contributed by atoms with Crippen LogP contribution in [0.3, 0.4) is 0 Å². The van der Waals surface area contributed by atoms with Gasteiger partial charge in [-0.15, -0.1) is 0 Å². The lowest BCUT2D eigenvalue weighted by Gasteiger charge is -2.36. The van der Waals surface area contributed by atoms with Gasteiger partial charge in [0.2, 0.25) is 0 Å². The SMILES string of the molecule is O=C(c1ccc(F)c(F)c1)N1CCN(c2ccc(F)cc2F)CC1. The molecular weight excluding hydrogens is 324 g/mol. The third kappa shape index (κ3) is 3.20. The molecule has 0 atom stereocenters. The van der Waals surface area contributed by atoms with Crippen LogP contribution in [0.1, 0.15) is 10.4 Å². The van der Waals surface area contributed by atoms with Crippen molar-refractivity contribution < 1.29 is 22.4 Å². The van der Waals surface area contributed by atoms with E-state index in [1.807, 2.05) is 0 Å². The Morgan fingerprint density at radius 2 is 1.50 bits per heavy atom. The van der Waals surface area contributed by atoms with Crippen LogP contribution in [0.25, 0.3) is 0 Å². The summed E-state index contributed by atoms with van der Waals surface area (Å²) in [7, 11) is 0. The molecule has 7 heteroatoms. The maximum atomic E-state index is 13.8. The first-order valence-electron chi connectivity index (χ1n) is 7.40. The highest BCUT2D eigenvalue weighted by atomic mass is 19.2. The first-order valence-corrected chi connectivity index (χ1v) is 7.40. The lowest BCUT2D eigenvalue weighted by molar-refractivity contribution is 0.0746. The third-order valence-corrected chi connectivity index (χ3v) is 3.98. The third-order valence-electron chi connectivity index (χ3n) is 3.98. The molecule has 126 valence electrons. The molecule has 2 aromatic carbocycles. The van der Waals surface area contributed by atoms with Crippen LogP contribution in [-0.2, 0) is 0 Å². The second-order valence-corrected chi connectivity index (χ2v) is 5.50. The van der Waals surface area contributed by atoms with E-state index < -0.39 is 29.2 Å². The zero-order valence-electron chi connectivity index (χ0n) is 12.6. The summed E-state index contributed by atoms with van der Waals surface area (Å²) in [4.78, 5) is 15.5. The Hall–Kier alpha value is -2.57. The highest BCUT2D eigenvalue weighted by Gasteiger charge is 2.24. The predicted molar refractivity (Wildman–Crippen MR) is 80.8 cm³/mol. The number of amides is 1. The van der Waals surface area contributed by atoms with E-state index in [2.05, 4.69) is 0 Å². The van der Waals surface area contributed by atoms with E-state index in [0.29, 0.717) is 26.2 Å². The molecule has 0 spiro atoms. The molecule has 1 heterocycles. The minimum atomic E-state index is -1.08. The van der Waals surface area contributed by atoms with Gasteiger partial charge < -0.3 is 9.80 Å². The summed E-state index contributed by atoms with van der Waals surface area (Å²) in [5.41, 5.74) is 0.339. The van der Waals surface area contributed by atoms with Crippen molar-refractivity contribution in [1.29, 1.82) is 0 Å². The molecule has 0 N–H and O–H groups in total. The van der Waals surface area contributed by atoms with Gasteiger partial charge in [0.1, 0.15) is 11.6 Å². The van der Waals surface area contributed by atoms with Crippen molar-refractivity contribution in [2.75, 3.05) is 31.1 Å². The van der Waals surface area contributed by atoms with Gasteiger partial charge in [0.05, 0.1) is 5.69 Å². The van der Waals surface area contributed by atoms with Gasteiger partial charge in [0, 0.05) is 37.8 Å². The smallest absolute Gasteiger partial charge is 0.254 e. The van der Waals surface area contributed by atoms with Crippen molar-refractivity contribution >= 4 is 11.6 Å². The number of carbonyl (C=O) groups is 1. The Morgan fingerprint density at radius 1 is 0.792 bits per heavy atom. The number of benzene rings is 2. The largest absolute Gasteiger partial charge is 0.366 e. The summed E-state index contributed by atoms with van der Waals surface area (Å²) < 4.78 is 52.9. The monoisotopic (exact) mass is 338 g/mol. The van der Waals surface area contributed by atoms with E-state index >= 15 is 0 Å². The highest BCUT2D eigenvalue weighted by Crippen LogP contribution is 2.22. The number of carbonyl (C=O) groups excluding carboxylic acids is 1. The van der Waals surface area contributed by atoms with Crippen molar-refractivity contribution in [1.82, 2.24) is 4.90 Å². The predicted octanol–water partition coefficient (Wildman–Crippen LogP) is 3.21. The molecule has 2 aromatic rings. The summed E-state index contributed by atoms with van der Waals surface area (Å²) in [6.07, 6.45) is 0. The lowest BCUT2D eigenvalue weighted by atomic mass is 10.1. The fourth-order valence-electron chi connectivity index (χ4n) is 2.70. The number of halogens is 4. The van der Waals surface area contributed by atoms with Crippen molar-refractivity contribution in [2.45, 2.75) is 0 Å². The van der Waals surface area contributed by atoms with E-state index in [1.54, 1.807) is 4.90 Å². The average Bonchev–Trinajstić information content (AvgIpc) is 2.57. The second-order valence-electron chi connectivity index (χ2n) is 5.50. The van der Waals surface area contributed by atoms with Crippen molar-refractivity contribution in [3.05, 3.63) is 65.2 Å². The fraction of sp³-hybridized carbons (Fsp3) is 0.235. The summed E-state index contributed by atoms with van der Waals surface area (Å²) in [6.45, 7) is 1.32. The number of nitrogens with zero attached hydrogens (tertiary/aromatic N) is 2. The first kappa shape index (κ1) is 16.3. The van der Waals surface area contributed by atoms with E-state index in [1.165, 1.54) is 23.1 Å². The van der Waals surface area contributed by atoms with Gasteiger partial charge in [-0.3, -0.25) is 4.79 Å². The molecular formula is C17H14F4N2O. The van der Waals surface area contributed by atoms with Gasteiger partial charge in [0.15, 0.2) is 11.6 Å². The zero-order chi connectivity index (χ0) is 17.3. The Balaban J connectivity index is 1.68. The van der Waals surface area contributed by atoms with Crippen LogP contribution in [0.5, 0.6) is 0 Å². The van der Waals surface area contributed by atoms with Crippen molar-refractivity contribution in [2.24, 2.45) is 0 Å². The molecule has 0 radical (unpaired) electrons. The summed E-state index contributed by atoms with van der Waals surface area (Å²) in [5, 5.41) is 0. The van der Waals surface area contributed by atoms with Crippen LogP contribution in [0.15, 0.2) is 36.4 Å². The summed E-state index contributed by atoms with van der Waals surface area (Å²) in [5.74, 6) is -3.80. The number of rotatable bonds is 2. The van der Waals surface area contributed by atoms with Gasteiger partial charge in [-0.1, -0.05) is 0 Å². The lowest BCUT2D eigenvalue weighted by Crippen LogP contribution is -2.49. The molecule has 1 fully saturated rings. The standard InChI is InChI=1S/C17H14F4N2O/c18-12-2-4-16(15(21)10-12)22-5-7-23(8-6-22)17(24)11-1-3-13(19)14(20)9-11/h1-4,9-10H,5-8H2. The molecule has 1 aliphatic rings. The first-order chi connectivity index (χ1) is 11.5. The molecule has 3 nitrogen and oxygen atoms in total. The van der Waals surface area contributed by atoms with Crippen LogP contribution in [0.2, 0.25) is 0 Å². The molecule has 3 rings (SSSR count). The molecule has 0 aliphatic carbocycles. The highest BCUT2D eigenvalue weighted by molar-refractivity contribution is 5.94. The Bertz CT molecular complexity index is 773. The molecule has 0 saturated carbocycles. The van der Waals surface area contributed by atoms with Crippen LogP contribution >= 0.6 is 0 Å². The molecule has 1 aliphatic heterocycles. The molecule has 1 saturated heterocycles. The second kappa shape index (κ2) is 6.51. The summed E-state index contributed by atoms with van der Waals surface area (Å²) >= 11 is 0. The number of hydrogen-bond donors (Lipinski definition) is 0. The van der Waals surface area contributed by atoms with Gasteiger partial charge in [-0.25, -0.2) is 17.6 Å². The van der Waals surface area contributed by atoms with Gasteiger partial charge in [-0.2, -0.15) is 0 Å². The maximum Gasteiger partial charge on any atom is 0.254 e. The normalized spacial score (nSPS) is 14.8. The molecule has 24 heavy (non-hydrogen) atoms. The molecule has 0 bridgehead atoms. The van der Waals surface area contributed by atoms with Gasteiger partial charge in [0.25, 0.3) is 5.91 Å². The van der Waals surface area contributed by atoms with Gasteiger partial charge in [-0.05, 0) is 30.3 Å². The molecule has 0 unspecified atom stereocenters. The minimum Gasteiger partial charge on any atom is -0.366 e. The summed E-state index contributed by atoms with van der Waals surface area (Å²) in [6, 6.07) is 6.35. The van der Waals surface area contributed by atoms with E-state index in [4.69, 9.17) is 0 Å². The van der Waals surface area contributed by atoms with Crippen LogP contribution in [-0.4, -0.2) is 37.0 Å². The van der Waals surface area contributed by atoms with E-state index in [0.717, 1.165) is 18.2 Å². The van der Waals surface area contributed by atoms with E-state index in [9.17, 15) is 22.4 Å². The van der Waals surface area contributed by atoms with Crippen LogP contribution < -0.4 is 4.90 Å². The minimum absolute atomic E-state index is 0.0651. The average molecular weight is 338 g/mol. The maximum absolute atomic E-state index is 13.8. The Labute approximate surface area is 136 Å². The molecule has 1 amide bonds. The van der Waals surface area contributed by atoms with E-state index in [-0.39, 0.29) is 11.3 Å². The number of piperazine rings is 1.